The number of anilines is 1. The first-order valence-electron chi connectivity index (χ1n) is 10.6. The van der Waals surface area contributed by atoms with Gasteiger partial charge in [0.1, 0.15) is 18.2 Å². The quantitative estimate of drug-likeness (QED) is 0.242. The fraction of sp³-hybridized carbons (Fsp3) is 0.185. The minimum absolute atomic E-state index is 0.0711. The van der Waals surface area contributed by atoms with Gasteiger partial charge in [-0.25, -0.2) is 0 Å². The van der Waals surface area contributed by atoms with Gasteiger partial charge >= 0.3 is 0 Å². The monoisotopic (exact) mass is 538 g/mol. The maximum atomic E-state index is 12.6. The number of hydrogen-bond donors (Lipinski definition) is 1. The van der Waals surface area contributed by atoms with Crippen LogP contribution in [-0.4, -0.2) is 12.5 Å². The molecule has 0 aromatic heterocycles. The van der Waals surface area contributed by atoms with Gasteiger partial charge in [-0.05, 0) is 78.2 Å². The summed E-state index contributed by atoms with van der Waals surface area (Å²) in [5.41, 5.74) is 4.36. The molecule has 0 fully saturated rings. The van der Waals surface area contributed by atoms with Gasteiger partial charge in [0.05, 0.1) is 21.8 Å². The van der Waals surface area contributed by atoms with Crippen LogP contribution in [0.5, 0.6) is 11.5 Å². The van der Waals surface area contributed by atoms with Crippen molar-refractivity contribution in [3.63, 3.8) is 0 Å². The van der Waals surface area contributed by atoms with Crippen LogP contribution in [0.4, 0.5) is 5.69 Å². The minimum atomic E-state index is -0.556. The first-order chi connectivity index (χ1) is 16.3. The van der Waals surface area contributed by atoms with Crippen molar-refractivity contribution in [1.82, 2.24) is 0 Å². The third kappa shape index (κ3) is 6.63. The largest absolute Gasteiger partial charge is 0.490 e. The Morgan fingerprint density at radius 1 is 1.12 bits per heavy atom. The molecular formula is C27H24BrClN2O3. The minimum Gasteiger partial charge on any atom is -0.490 e. The van der Waals surface area contributed by atoms with Gasteiger partial charge in [-0.1, -0.05) is 53.1 Å². The highest BCUT2D eigenvalue weighted by molar-refractivity contribution is 9.10. The van der Waals surface area contributed by atoms with Gasteiger partial charge in [0.15, 0.2) is 11.5 Å². The lowest BCUT2D eigenvalue weighted by Gasteiger charge is -2.15. The van der Waals surface area contributed by atoms with Crippen molar-refractivity contribution < 1.29 is 14.3 Å². The molecular weight excluding hydrogens is 516 g/mol. The normalized spacial score (nSPS) is 11.0. The zero-order chi connectivity index (χ0) is 24.7. The first kappa shape index (κ1) is 25.4. The Balaban J connectivity index is 1.86. The maximum absolute atomic E-state index is 12.6. The molecule has 34 heavy (non-hydrogen) atoms. The first-order valence-corrected chi connectivity index (χ1v) is 11.8. The predicted octanol–water partition coefficient (Wildman–Crippen LogP) is 7.24. The van der Waals surface area contributed by atoms with Crippen LogP contribution in [0.1, 0.15) is 29.2 Å². The average Bonchev–Trinajstić information content (AvgIpc) is 2.78. The standard InChI is InChI=1S/C27H24BrClN2O3/c1-4-33-25-14-19(12-21(15-30)27(32)31-24-8-6-5-7-23(24)29)13-22(28)26(25)34-16-20-10-17(2)9-18(3)11-20/h5-14H,4,16H2,1-3H3,(H,31,32)/b21-12+. The summed E-state index contributed by atoms with van der Waals surface area (Å²) in [6.45, 7) is 6.78. The summed E-state index contributed by atoms with van der Waals surface area (Å²) in [4.78, 5) is 12.6. The van der Waals surface area contributed by atoms with E-state index in [0.717, 1.165) is 5.56 Å². The molecule has 0 radical (unpaired) electrons. The number of aryl methyl sites for hydroxylation is 2. The molecule has 0 atom stereocenters. The zero-order valence-electron chi connectivity index (χ0n) is 19.1. The molecule has 0 saturated carbocycles. The third-order valence-electron chi connectivity index (χ3n) is 4.79. The molecule has 0 saturated heterocycles. The summed E-state index contributed by atoms with van der Waals surface area (Å²) < 4.78 is 12.5. The van der Waals surface area contributed by atoms with E-state index in [0.29, 0.717) is 45.5 Å². The Morgan fingerprint density at radius 2 is 1.82 bits per heavy atom. The Bertz CT molecular complexity index is 1260. The topological polar surface area (TPSA) is 71.3 Å². The fourth-order valence-electron chi connectivity index (χ4n) is 3.45. The molecule has 0 aliphatic heterocycles. The highest BCUT2D eigenvalue weighted by Gasteiger charge is 2.15. The number of carbonyl (C=O) groups excluding carboxylic acids is 1. The van der Waals surface area contributed by atoms with Gasteiger partial charge in [-0.2, -0.15) is 5.26 Å². The van der Waals surface area contributed by atoms with Crippen molar-refractivity contribution in [2.45, 2.75) is 27.4 Å². The molecule has 1 N–H and O–H groups in total. The Kier molecular flexibility index (Phi) is 8.75. The summed E-state index contributed by atoms with van der Waals surface area (Å²) >= 11 is 9.66. The van der Waals surface area contributed by atoms with Gasteiger partial charge in [0, 0.05) is 0 Å². The second kappa shape index (κ2) is 11.7. The Morgan fingerprint density at radius 3 is 2.47 bits per heavy atom. The number of benzene rings is 3. The smallest absolute Gasteiger partial charge is 0.266 e. The van der Waals surface area contributed by atoms with E-state index in [1.165, 1.54) is 17.2 Å². The highest BCUT2D eigenvalue weighted by atomic mass is 79.9. The third-order valence-corrected chi connectivity index (χ3v) is 5.71. The highest BCUT2D eigenvalue weighted by Crippen LogP contribution is 2.38. The number of halogens is 2. The molecule has 0 aliphatic carbocycles. The lowest BCUT2D eigenvalue weighted by Crippen LogP contribution is -2.13. The van der Waals surface area contributed by atoms with Crippen LogP contribution in [0.2, 0.25) is 5.02 Å². The molecule has 5 nitrogen and oxygen atoms in total. The summed E-state index contributed by atoms with van der Waals surface area (Å²) in [6.07, 6.45) is 1.49. The van der Waals surface area contributed by atoms with Crippen molar-refractivity contribution >= 4 is 45.2 Å². The van der Waals surface area contributed by atoms with Crippen molar-refractivity contribution in [1.29, 1.82) is 5.26 Å². The van der Waals surface area contributed by atoms with E-state index in [1.807, 2.05) is 26.8 Å². The fourth-order valence-corrected chi connectivity index (χ4v) is 4.21. The number of ether oxygens (including phenoxy) is 2. The SMILES string of the molecule is CCOc1cc(/C=C(\C#N)C(=O)Nc2ccccc2Cl)cc(Br)c1OCc1cc(C)cc(C)c1. The van der Waals surface area contributed by atoms with Gasteiger partial charge in [0.2, 0.25) is 0 Å². The van der Waals surface area contributed by atoms with Crippen LogP contribution in [0.3, 0.4) is 0 Å². The van der Waals surface area contributed by atoms with E-state index in [4.69, 9.17) is 21.1 Å². The van der Waals surface area contributed by atoms with Crippen LogP contribution in [0.15, 0.2) is 64.6 Å². The van der Waals surface area contributed by atoms with Gasteiger partial charge in [-0.3, -0.25) is 4.79 Å². The summed E-state index contributed by atoms with van der Waals surface area (Å²) in [5, 5.41) is 12.6. The molecule has 3 aromatic rings. The van der Waals surface area contributed by atoms with E-state index in [2.05, 4.69) is 39.4 Å². The molecule has 7 heteroatoms. The number of nitrogens with one attached hydrogen (secondary N) is 1. The number of nitriles is 1. The van der Waals surface area contributed by atoms with Gasteiger partial charge < -0.3 is 14.8 Å². The van der Waals surface area contributed by atoms with Crippen LogP contribution in [0.25, 0.3) is 6.08 Å². The number of nitrogens with zero attached hydrogens (tertiary/aromatic N) is 1. The maximum Gasteiger partial charge on any atom is 0.266 e. The van der Waals surface area contributed by atoms with Crippen molar-refractivity contribution in [3.05, 3.63) is 91.9 Å². The molecule has 3 aromatic carbocycles. The van der Waals surface area contributed by atoms with Gasteiger partial charge in [-0.15, -0.1) is 0 Å². The molecule has 0 unspecified atom stereocenters. The van der Waals surface area contributed by atoms with E-state index in [-0.39, 0.29) is 5.57 Å². The van der Waals surface area contributed by atoms with Crippen molar-refractivity contribution in [2.24, 2.45) is 0 Å². The van der Waals surface area contributed by atoms with Gasteiger partial charge in [0.25, 0.3) is 5.91 Å². The molecule has 0 bridgehead atoms. The molecule has 0 heterocycles. The van der Waals surface area contributed by atoms with Crippen LogP contribution in [-0.2, 0) is 11.4 Å². The van der Waals surface area contributed by atoms with E-state index in [9.17, 15) is 10.1 Å². The number of rotatable bonds is 8. The van der Waals surface area contributed by atoms with Crippen molar-refractivity contribution in [3.8, 4) is 17.6 Å². The number of amides is 1. The van der Waals surface area contributed by atoms with Crippen molar-refractivity contribution in [2.75, 3.05) is 11.9 Å². The average molecular weight is 540 g/mol. The number of para-hydroxylation sites is 1. The number of carbonyl (C=O) groups is 1. The molecule has 3 rings (SSSR count). The summed E-state index contributed by atoms with van der Waals surface area (Å²) in [6, 6.07) is 18.6. The van der Waals surface area contributed by atoms with Crippen LogP contribution >= 0.6 is 27.5 Å². The van der Waals surface area contributed by atoms with E-state index < -0.39 is 5.91 Å². The lowest BCUT2D eigenvalue weighted by atomic mass is 10.1. The lowest BCUT2D eigenvalue weighted by molar-refractivity contribution is -0.112. The van der Waals surface area contributed by atoms with Crippen LogP contribution < -0.4 is 14.8 Å². The Hall–Kier alpha value is -3.27. The van der Waals surface area contributed by atoms with E-state index >= 15 is 0 Å². The second-order valence-electron chi connectivity index (χ2n) is 7.65. The van der Waals surface area contributed by atoms with E-state index in [1.54, 1.807) is 36.4 Å². The Labute approximate surface area is 213 Å². The van der Waals surface area contributed by atoms with Crippen LogP contribution in [0, 0.1) is 25.2 Å². The molecule has 0 aliphatic rings. The summed E-state index contributed by atoms with van der Waals surface area (Å²) in [7, 11) is 0. The number of hydrogen-bond acceptors (Lipinski definition) is 4. The molecule has 174 valence electrons. The zero-order valence-corrected chi connectivity index (χ0v) is 21.5. The second-order valence-corrected chi connectivity index (χ2v) is 8.91. The summed E-state index contributed by atoms with van der Waals surface area (Å²) in [5.74, 6) is 0.508. The predicted molar refractivity (Wildman–Crippen MR) is 139 cm³/mol. The molecule has 1 amide bonds. The molecule has 0 spiro atoms.